The third kappa shape index (κ3) is 2.10. The summed E-state index contributed by atoms with van der Waals surface area (Å²) in [7, 11) is 0. The maximum Gasteiger partial charge on any atom is 0.341 e. The Morgan fingerprint density at radius 2 is 1.50 bits per heavy atom. The molecular formula is C10H11NO5. The number of carboxylic acid groups (broad SMARTS) is 2. The van der Waals surface area contributed by atoms with Crippen molar-refractivity contribution in [2.75, 3.05) is 0 Å². The molecule has 0 aliphatic carbocycles. The molecule has 0 spiro atoms. The minimum absolute atomic E-state index is 0.128. The molecule has 6 nitrogen and oxygen atoms in total. The maximum atomic E-state index is 11.5. The van der Waals surface area contributed by atoms with Gasteiger partial charge in [0.15, 0.2) is 0 Å². The summed E-state index contributed by atoms with van der Waals surface area (Å²) in [5.41, 5.74) is -2.04. The third-order valence-corrected chi connectivity index (χ3v) is 2.10. The molecule has 0 fully saturated rings. The van der Waals surface area contributed by atoms with Gasteiger partial charge in [-0.2, -0.15) is 0 Å². The fourth-order valence-corrected chi connectivity index (χ4v) is 1.20. The van der Waals surface area contributed by atoms with E-state index >= 15 is 0 Å². The topological polar surface area (TPSA) is 96.6 Å². The molecule has 0 aliphatic heterocycles. The van der Waals surface area contributed by atoms with E-state index in [0.29, 0.717) is 0 Å². The van der Waals surface area contributed by atoms with Crippen LogP contribution in [0.2, 0.25) is 0 Å². The van der Waals surface area contributed by atoms with Gasteiger partial charge in [-0.25, -0.2) is 9.59 Å². The smallest absolute Gasteiger partial charge is 0.341 e. The van der Waals surface area contributed by atoms with Crippen LogP contribution in [0.25, 0.3) is 0 Å². The number of carbonyl (C=O) groups is 2. The van der Waals surface area contributed by atoms with Crippen molar-refractivity contribution in [3.8, 4) is 0 Å². The molecule has 0 atom stereocenters. The number of aromatic carboxylic acids is 2. The zero-order valence-corrected chi connectivity index (χ0v) is 8.80. The number of carboxylic acids is 2. The summed E-state index contributed by atoms with van der Waals surface area (Å²) in [4.78, 5) is 33.0. The fraction of sp³-hybridized carbons (Fsp3) is 0.300. The van der Waals surface area contributed by atoms with Crippen molar-refractivity contribution in [3.63, 3.8) is 0 Å². The molecule has 0 bridgehead atoms. The molecule has 86 valence electrons. The predicted molar refractivity (Wildman–Crippen MR) is 55.0 cm³/mol. The molecule has 0 aromatic carbocycles. The first-order valence-corrected chi connectivity index (χ1v) is 4.57. The highest BCUT2D eigenvalue weighted by molar-refractivity contribution is 5.92. The van der Waals surface area contributed by atoms with E-state index < -0.39 is 28.5 Å². The van der Waals surface area contributed by atoms with Gasteiger partial charge in [-0.3, -0.25) is 4.79 Å². The van der Waals surface area contributed by atoms with Crippen LogP contribution in [0.4, 0.5) is 0 Å². The van der Waals surface area contributed by atoms with Crippen LogP contribution in [0, 0.1) is 0 Å². The Kier molecular flexibility index (Phi) is 3.12. The van der Waals surface area contributed by atoms with Crippen molar-refractivity contribution in [1.82, 2.24) is 4.57 Å². The molecule has 2 N–H and O–H groups in total. The second-order valence-corrected chi connectivity index (χ2v) is 3.57. The van der Waals surface area contributed by atoms with Crippen LogP contribution in [0.1, 0.15) is 40.6 Å². The van der Waals surface area contributed by atoms with Gasteiger partial charge in [0.2, 0.25) is 5.43 Å². The van der Waals surface area contributed by atoms with Crippen LogP contribution in [0.3, 0.4) is 0 Å². The first-order chi connectivity index (χ1) is 7.34. The van der Waals surface area contributed by atoms with E-state index in [-0.39, 0.29) is 6.04 Å². The highest BCUT2D eigenvalue weighted by atomic mass is 16.4. The van der Waals surface area contributed by atoms with E-state index in [9.17, 15) is 14.4 Å². The normalized spacial score (nSPS) is 10.4. The quantitative estimate of drug-likeness (QED) is 0.793. The molecule has 0 amide bonds. The Bertz CT molecular complexity index is 462. The van der Waals surface area contributed by atoms with Crippen molar-refractivity contribution in [2.45, 2.75) is 19.9 Å². The molecule has 0 aliphatic rings. The number of hydrogen-bond donors (Lipinski definition) is 2. The number of rotatable bonds is 3. The van der Waals surface area contributed by atoms with E-state index in [1.54, 1.807) is 13.8 Å². The van der Waals surface area contributed by atoms with E-state index in [1.807, 2.05) is 0 Å². The molecule has 6 heteroatoms. The monoisotopic (exact) mass is 225 g/mol. The lowest BCUT2D eigenvalue weighted by Crippen LogP contribution is -2.25. The lowest BCUT2D eigenvalue weighted by Gasteiger charge is -2.12. The zero-order chi connectivity index (χ0) is 12.5. The molecule has 0 radical (unpaired) electrons. The summed E-state index contributed by atoms with van der Waals surface area (Å²) in [6.45, 7) is 3.50. The highest BCUT2D eigenvalue weighted by Crippen LogP contribution is 2.06. The molecular weight excluding hydrogens is 214 g/mol. The van der Waals surface area contributed by atoms with Crippen molar-refractivity contribution in [3.05, 3.63) is 33.7 Å². The van der Waals surface area contributed by atoms with E-state index in [4.69, 9.17) is 10.2 Å². The van der Waals surface area contributed by atoms with Crippen LogP contribution >= 0.6 is 0 Å². The first-order valence-electron chi connectivity index (χ1n) is 4.57. The average molecular weight is 225 g/mol. The van der Waals surface area contributed by atoms with Gasteiger partial charge >= 0.3 is 11.9 Å². The summed E-state index contributed by atoms with van der Waals surface area (Å²) >= 11 is 0. The van der Waals surface area contributed by atoms with Gasteiger partial charge in [-0.1, -0.05) is 0 Å². The van der Waals surface area contributed by atoms with Crippen LogP contribution in [-0.2, 0) is 0 Å². The Morgan fingerprint density at radius 1 is 1.12 bits per heavy atom. The summed E-state index contributed by atoms with van der Waals surface area (Å²) in [5, 5.41) is 17.5. The Hall–Kier alpha value is -2.11. The average Bonchev–Trinajstić information content (AvgIpc) is 2.16. The number of hydrogen-bond acceptors (Lipinski definition) is 3. The van der Waals surface area contributed by atoms with E-state index in [0.717, 1.165) is 12.4 Å². The molecule has 0 saturated heterocycles. The van der Waals surface area contributed by atoms with Gasteiger partial charge in [0, 0.05) is 18.4 Å². The second-order valence-electron chi connectivity index (χ2n) is 3.57. The predicted octanol–water partition coefficient (Wildman–Crippen LogP) is 0.826. The minimum Gasteiger partial charge on any atom is -0.477 e. The molecule has 16 heavy (non-hydrogen) atoms. The van der Waals surface area contributed by atoms with Crippen molar-refractivity contribution < 1.29 is 19.8 Å². The van der Waals surface area contributed by atoms with Gasteiger partial charge < -0.3 is 14.8 Å². The summed E-state index contributed by atoms with van der Waals surface area (Å²) in [6.07, 6.45) is 2.28. The SMILES string of the molecule is CC(C)n1cc(C(=O)O)c(=O)c(C(=O)O)c1. The second kappa shape index (κ2) is 4.18. The van der Waals surface area contributed by atoms with Gasteiger partial charge in [0.1, 0.15) is 11.1 Å². The van der Waals surface area contributed by atoms with E-state index in [2.05, 4.69) is 0 Å². The van der Waals surface area contributed by atoms with Crippen LogP contribution in [-0.4, -0.2) is 26.7 Å². The largest absolute Gasteiger partial charge is 0.477 e. The number of aromatic nitrogens is 1. The van der Waals surface area contributed by atoms with Gasteiger partial charge in [0.25, 0.3) is 0 Å². The Morgan fingerprint density at radius 3 is 1.75 bits per heavy atom. The van der Waals surface area contributed by atoms with Crippen molar-refractivity contribution in [2.24, 2.45) is 0 Å². The van der Waals surface area contributed by atoms with Crippen LogP contribution in [0.15, 0.2) is 17.2 Å². The molecule has 0 saturated carbocycles. The summed E-state index contributed by atoms with van der Waals surface area (Å²) in [5.74, 6) is -2.86. The number of nitrogens with zero attached hydrogens (tertiary/aromatic N) is 1. The molecule has 1 aromatic rings. The lowest BCUT2D eigenvalue weighted by molar-refractivity contribution is 0.0693. The van der Waals surface area contributed by atoms with Crippen molar-refractivity contribution in [1.29, 1.82) is 0 Å². The van der Waals surface area contributed by atoms with Gasteiger partial charge in [-0.15, -0.1) is 0 Å². The third-order valence-electron chi connectivity index (χ3n) is 2.10. The first kappa shape index (κ1) is 12.0. The Labute approximate surface area is 90.8 Å². The van der Waals surface area contributed by atoms with Crippen LogP contribution < -0.4 is 5.43 Å². The maximum absolute atomic E-state index is 11.5. The Balaban J connectivity index is 3.58. The molecule has 1 heterocycles. The standard InChI is InChI=1S/C10H11NO5/c1-5(2)11-3-6(9(13)14)8(12)7(4-11)10(15)16/h3-5H,1-2H3,(H,13,14)(H,15,16). The summed E-state index contributed by atoms with van der Waals surface area (Å²) in [6, 6.07) is -0.128. The zero-order valence-electron chi connectivity index (χ0n) is 8.80. The fourth-order valence-electron chi connectivity index (χ4n) is 1.20. The van der Waals surface area contributed by atoms with Gasteiger partial charge in [-0.05, 0) is 13.8 Å². The molecule has 0 unspecified atom stereocenters. The highest BCUT2D eigenvalue weighted by Gasteiger charge is 2.18. The minimum atomic E-state index is -1.43. The number of pyridine rings is 1. The van der Waals surface area contributed by atoms with E-state index in [1.165, 1.54) is 4.57 Å². The van der Waals surface area contributed by atoms with Crippen LogP contribution in [0.5, 0.6) is 0 Å². The lowest BCUT2D eigenvalue weighted by atomic mass is 10.1. The van der Waals surface area contributed by atoms with Gasteiger partial charge in [0.05, 0.1) is 0 Å². The molecule has 1 rings (SSSR count). The summed E-state index contributed by atoms with van der Waals surface area (Å²) < 4.78 is 1.38. The molecule has 1 aromatic heterocycles. The van der Waals surface area contributed by atoms with Crippen molar-refractivity contribution >= 4 is 11.9 Å².